The number of aryl methyl sites for hydroxylation is 3. The van der Waals surface area contributed by atoms with Gasteiger partial charge in [-0.1, -0.05) is 36.4 Å². The number of anilines is 4. The van der Waals surface area contributed by atoms with Gasteiger partial charge in [0.25, 0.3) is 0 Å². The predicted molar refractivity (Wildman–Crippen MR) is 478 cm³/mol. The number of amides is 4. The van der Waals surface area contributed by atoms with Gasteiger partial charge in [0.1, 0.15) is 0 Å². The zero-order chi connectivity index (χ0) is 101. The highest BCUT2D eigenvalue weighted by Crippen LogP contribution is 2.46. The van der Waals surface area contributed by atoms with Crippen LogP contribution in [0.2, 0.25) is 0 Å². The molecule has 8 aliphatic heterocycles. The van der Waals surface area contributed by atoms with Gasteiger partial charge in [-0.3, -0.25) is 38.8 Å². The van der Waals surface area contributed by atoms with Crippen molar-refractivity contribution in [1.29, 1.82) is 0 Å². The summed E-state index contributed by atoms with van der Waals surface area (Å²) in [5.41, 5.74) is 9.51. The number of nitrogens with one attached hydrogen (secondary N) is 4. The molecule has 0 aliphatic carbocycles. The summed E-state index contributed by atoms with van der Waals surface area (Å²) in [6, 6.07) is 22.1. The molecule has 8 N–H and O–H groups in total. The fourth-order valence-corrected chi connectivity index (χ4v) is 19.0. The summed E-state index contributed by atoms with van der Waals surface area (Å²) in [5.74, 6) is -3.00. The van der Waals surface area contributed by atoms with Crippen LogP contribution in [0.4, 0.5) is 108 Å². The number of likely N-dealkylation sites (tertiary alicyclic amines) is 8. The van der Waals surface area contributed by atoms with Crippen LogP contribution in [0.25, 0.3) is 0 Å². The summed E-state index contributed by atoms with van der Waals surface area (Å²) in [6.07, 6.45) is -24.4. The number of aliphatic carboxylic acids is 4. The van der Waals surface area contributed by atoms with E-state index < -0.39 is 109 Å². The molecule has 137 heavy (non-hydrogen) atoms. The van der Waals surface area contributed by atoms with Gasteiger partial charge in [0.05, 0.1) is 5.56 Å². The maximum Gasteiger partial charge on any atom is 0.425 e. The molecule has 6 atom stereocenters. The summed E-state index contributed by atoms with van der Waals surface area (Å²) < 4.78 is 211. The molecule has 4 aromatic rings. The Bertz CT molecular complexity index is 4660. The van der Waals surface area contributed by atoms with E-state index in [9.17, 15) is 104 Å². The Labute approximate surface area is 787 Å². The average Bonchev–Trinajstić information content (AvgIpc) is 1.36. The SMILES string of the molecule is CC(OC(=O)N1CCC2(CCCN2Cc2ccc(C(F)(F)F)cc2NCCCC(=O)O)CC1)C(F)(F)F.Cc1cc(CN2CCCC23CCN(C(=O)OC(C)C(F)(F)F)CC3)cc(NCCCC(=O)O)c1.Cc1ccc(CN2CC3CN(C(=O)OC(C)C(F)(F)F)CC3C2)c(NCCCC(=O)O)c1.Cc1ccc(CN2CCC3(CCN(C(=O)OC(C)C(F)(F)F)CC3)C2)c(NCCCC(=O)O)c1. The number of carboxylic acids is 4. The highest BCUT2D eigenvalue weighted by Gasteiger charge is 2.51. The van der Waals surface area contributed by atoms with Crippen LogP contribution in [-0.4, -0.2) is 286 Å². The van der Waals surface area contributed by atoms with Crippen molar-refractivity contribution in [3.05, 3.63) is 117 Å². The van der Waals surface area contributed by atoms with Crippen LogP contribution in [0.5, 0.6) is 0 Å². The molecule has 0 saturated carbocycles. The number of benzene rings is 4. The minimum atomic E-state index is -4.64. The first kappa shape index (κ1) is 110. The first-order valence-electron chi connectivity index (χ1n) is 46.6. The third-order valence-corrected chi connectivity index (χ3v) is 26.9. The number of halogens is 15. The van der Waals surface area contributed by atoms with Crippen LogP contribution in [-0.2, 0) is 70.5 Å². The number of ether oxygens (including phenoxy) is 4. The maximum absolute atomic E-state index is 13.3. The van der Waals surface area contributed by atoms with Gasteiger partial charge in [0.2, 0.25) is 0 Å². The lowest BCUT2D eigenvalue weighted by Gasteiger charge is -2.45. The van der Waals surface area contributed by atoms with Gasteiger partial charge in [-0.2, -0.15) is 65.9 Å². The lowest BCUT2D eigenvalue weighted by Crippen LogP contribution is -2.53. The van der Waals surface area contributed by atoms with Crippen molar-refractivity contribution in [2.75, 3.05) is 139 Å². The third kappa shape index (κ3) is 33.5. The monoisotopic (exact) mass is 1970 g/mol. The van der Waals surface area contributed by atoms with Crippen molar-refractivity contribution in [2.45, 2.75) is 263 Å². The van der Waals surface area contributed by atoms with Crippen LogP contribution in [0.15, 0.2) is 72.8 Å². The molecular weight excluding hydrogens is 1840 g/mol. The number of nitrogens with zero attached hydrogens (tertiary/aromatic N) is 8. The molecule has 4 aromatic carbocycles. The molecule has 0 radical (unpaired) electrons. The Morgan fingerprint density at radius 3 is 1.10 bits per heavy atom. The lowest BCUT2D eigenvalue weighted by atomic mass is 9.78. The number of hydrogen-bond acceptors (Lipinski definition) is 20. The van der Waals surface area contributed by atoms with Gasteiger partial charge in [-0.25, -0.2) is 19.2 Å². The second-order valence-corrected chi connectivity index (χ2v) is 37.4. The van der Waals surface area contributed by atoms with E-state index in [4.69, 9.17) is 20.4 Å². The number of fused-ring (bicyclic) bond motifs is 1. The molecule has 3 spiro atoms. The number of carboxylic acid groups (broad SMARTS) is 4. The molecule has 12 rings (SSSR count). The van der Waals surface area contributed by atoms with E-state index in [1.165, 1.54) is 25.7 Å². The van der Waals surface area contributed by atoms with Crippen molar-refractivity contribution in [3.63, 3.8) is 0 Å². The van der Waals surface area contributed by atoms with E-state index in [1.54, 1.807) is 0 Å². The van der Waals surface area contributed by atoms with Gasteiger partial charge < -0.3 is 80.2 Å². The summed E-state index contributed by atoms with van der Waals surface area (Å²) in [7, 11) is 0. The van der Waals surface area contributed by atoms with Crippen molar-refractivity contribution in [2.24, 2.45) is 17.3 Å². The number of rotatable bonds is 32. The van der Waals surface area contributed by atoms with E-state index in [2.05, 4.69) is 96.2 Å². The van der Waals surface area contributed by atoms with Crippen LogP contribution < -0.4 is 21.3 Å². The van der Waals surface area contributed by atoms with Crippen molar-refractivity contribution in [1.82, 2.24) is 39.2 Å². The molecule has 43 heteroatoms. The van der Waals surface area contributed by atoms with Gasteiger partial charge in [0, 0.05) is 184 Å². The largest absolute Gasteiger partial charge is 0.481 e. The topological polar surface area (TPSA) is 328 Å². The Morgan fingerprint density at radius 1 is 0.372 bits per heavy atom. The number of carbonyl (C=O) groups is 8. The second-order valence-electron chi connectivity index (χ2n) is 37.4. The number of carbonyl (C=O) groups excluding carboxylic acids is 4. The van der Waals surface area contributed by atoms with E-state index in [0.29, 0.717) is 129 Å². The van der Waals surface area contributed by atoms with Crippen LogP contribution in [0, 0.1) is 38.0 Å². The van der Waals surface area contributed by atoms with E-state index in [-0.39, 0.29) is 85.8 Å². The minimum Gasteiger partial charge on any atom is -0.481 e. The van der Waals surface area contributed by atoms with Crippen LogP contribution in [0.1, 0.15) is 194 Å². The number of hydrogen-bond donors (Lipinski definition) is 8. The van der Waals surface area contributed by atoms with Gasteiger partial charge >= 0.3 is 79.1 Å². The van der Waals surface area contributed by atoms with Gasteiger partial charge in [-0.15, -0.1) is 0 Å². The molecule has 8 fully saturated rings. The van der Waals surface area contributed by atoms with Crippen molar-refractivity contribution >= 4 is 71.0 Å². The Kier molecular flexibility index (Phi) is 39.2. The second kappa shape index (κ2) is 48.6. The quantitative estimate of drug-likeness (QED) is 0.0128. The standard InChI is InChI=1S/C24H31F6N3O4.2C24H34F3N3O4.C22H30F3N3O4/c1-16(23(25,26)27)37-21(36)32-12-8-22(9-13-32)7-3-11-33(22)15-17-5-6-18(24(28,29)30)14-19(17)31-10-2-4-20(34)35;1-17-13-19(15-20(14-17)28-9-3-5-21(31)32)16-30-10-4-6-23(30)7-11-29(12-8-23)22(33)34-18(2)24(25,26)27;1-17-5-6-19(20(14-17)28-10-3-4-21(31)32)15-29-11-7-23(16-29)8-12-30(13-9-23)22(33)34-18(2)24(25,26)27;1-14-5-6-16(19(8-14)26-7-3-4-20(29)30)9-27-10-17-12-28(13-18(17)11-27)21(31)32-15(2)22(23,24)25/h5-6,14,16,31H,2-4,7-13,15H2,1H3,(H,34,35);13-15,18,28H,3-12,16H2,1-2H3,(H,31,32);5-6,14,18,28H,3-4,7-13,15-16H2,1-2H3,(H,31,32);5-6,8,15,17-18,26H,3-4,7,9-13H2,1-2H3,(H,29,30). The van der Waals surface area contributed by atoms with Crippen molar-refractivity contribution < 1.29 is 144 Å². The summed E-state index contributed by atoms with van der Waals surface area (Å²) in [6.45, 7) is 21.6. The molecule has 28 nitrogen and oxygen atoms in total. The molecule has 0 aromatic heterocycles. The van der Waals surface area contributed by atoms with Gasteiger partial charge in [0.15, 0.2) is 24.4 Å². The van der Waals surface area contributed by atoms with Crippen molar-refractivity contribution in [3.8, 4) is 0 Å². The highest BCUT2D eigenvalue weighted by atomic mass is 19.4. The number of alkyl halides is 15. The zero-order valence-corrected chi connectivity index (χ0v) is 78.3. The Hall–Kier alpha value is -10.2. The third-order valence-electron chi connectivity index (χ3n) is 26.9. The van der Waals surface area contributed by atoms with Gasteiger partial charge in [-0.05, 0) is 257 Å². The fourth-order valence-electron chi connectivity index (χ4n) is 19.0. The fraction of sp³-hybridized carbons (Fsp3) is 0.660. The van der Waals surface area contributed by atoms with Crippen LogP contribution >= 0.6 is 0 Å². The molecular formula is C94H129F15N12O16. The average molecular weight is 1970 g/mol. The van der Waals surface area contributed by atoms with E-state index in [1.807, 2.05) is 39.0 Å². The maximum atomic E-state index is 13.3. The molecule has 8 saturated heterocycles. The molecule has 4 amide bonds. The van der Waals surface area contributed by atoms with E-state index in [0.717, 1.165) is 181 Å². The Balaban J connectivity index is 0.000000205. The normalized spacial score (nSPS) is 19.9. The first-order valence-corrected chi connectivity index (χ1v) is 46.6. The summed E-state index contributed by atoms with van der Waals surface area (Å²) in [4.78, 5) is 106. The smallest absolute Gasteiger partial charge is 0.425 e. The molecule has 6 unspecified atom stereocenters. The first-order chi connectivity index (χ1) is 64.2. The lowest BCUT2D eigenvalue weighted by molar-refractivity contribution is -0.200. The molecule has 0 bridgehead atoms. The molecule has 8 heterocycles. The molecule has 8 aliphatic rings. The van der Waals surface area contributed by atoms with E-state index >= 15 is 0 Å². The number of piperidine rings is 3. The summed E-state index contributed by atoms with van der Waals surface area (Å²) in [5, 5.41) is 48.2. The predicted octanol–water partition coefficient (Wildman–Crippen LogP) is 18.7. The Morgan fingerprint density at radius 2 is 0.715 bits per heavy atom. The minimum absolute atomic E-state index is 0.0617. The summed E-state index contributed by atoms with van der Waals surface area (Å²) >= 11 is 0. The highest BCUT2D eigenvalue weighted by molar-refractivity contribution is 5.71. The molecule has 766 valence electrons. The van der Waals surface area contributed by atoms with Crippen LogP contribution in [0.3, 0.4) is 0 Å². The zero-order valence-electron chi connectivity index (χ0n) is 78.3.